The van der Waals surface area contributed by atoms with Crippen LogP contribution in [0.15, 0.2) is 50.3 Å². The van der Waals surface area contributed by atoms with Crippen molar-refractivity contribution in [1.82, 2.24) is 5.32 Å². The number of hydrogen-bond donors (Lipinski definition) is 1. The van der Waals surface area contributed by atoms with E-state index in [4.69, 9.17) is 4.42 Å². The molecule has 7 nitrogen and oxygen atoms in total. The molecule has 9 heteroatoms. The third kappa shape index (κ3) is 3.89. The van der Waals surface area contributed by atoms with Crippen LogP contribution in [0.1, 0.15) is 29.5 Å². The fourth-order valence-corrected chi connectivity index (χ4v) is 5.36. The molecule has 3 heterocycles. The van der Waals surface area contributed by atoms with Gasteiger partial charge in [-0.05, 0) is 55.4 Å². The molecule has 0 saturated heterocycles. The van der Waals surface area contributed by atoms with Crippen LogP contribution in [0, 0.1) is 0 Å². The fourth-order valence-electron chi connectivity index (χ4n) is 3.06. The first-order valence-electron chi connectivity index (χ1n) is 8.67. The first kappa shape index (κ1) is 18.1. The molecule has 142 valence electrons. The highest BCUT2D eigenvalue weighted by Gasteiger charge is 2.33. The highest BCUT2D eigenvalue weighted by molar-refractivity contribution is 8.15. The lowest BCUT2D eigenvalue weighted by Crippen LogP contribution is -2.35. The molecular formula is C18H19N3O4S2. The second-order valence-electron chi connectivity index (χ2n) is 6.59. The minimum atomic E-state index is -3.38. The number of amidine groups is 1. The predicted molar refractivity (Wildman–Crippen MR) is 105 cm³/mol. The Morgan fingerprint density at radius 2 is 2.26 bits per heavy atom. The van der Waals surface area contributed by atoms with Crippen molar-refractivity contribution in [3.05, 3.63) is 47.9 Å². The lowest BCUT2D eigenvalue weighted by molar-refractivity contribution is 0.0938. The Bertz CT molecular complexity index is 1000. The van der Waals surface area contributed by atoms with E-state index < -0.39 is 10.0 Å². The highest BCUT2D eigenvalue weighted by Crippen LogP contribution is 2.42. The monoisotopic (exact) mass is 405 g/mol. The number of amides is 1. The van der Waals surface area contributed by atoms with Crippen LogP contribution in [0.25, 0.3) is 0 Å². The molecule has 1 aromatic carbocycles. The summed E-state index contributed by atoms with van der Waals surface area (Å²) in [5, 5.41) is 3.45. The number of nitrogens with one attached hydrogen (secondary N) is 1. The summed E-state index contributed by atoms with van der Waals surface area (Å²) in [5.41, 5.74) is 1.45. The Hall–Kier alpha value is -2.26. The first-order chi connectivity index (χ1) is 12.9. The van der Waals surface area contributed by atoms with Gasteiger partial charge in [-0.3, -0.25) is 4.79 Å². The maximum atomic E-state index is 12.6. The van der Waals surface area contributed by atoms with Crippen LogP contribution in [0.5, 0.6) is 0 Å². The number of benzene rings is 1. The van der Waals surface area contributed by atoms with E-state index in [0.29, 0.717) is 17.3 Å². The number of anilines is 1. The van der Waals surface area contributed by atoms with E-state index in [1.165, 1.54) is 11.8 Å². The molecule has 0 aliphatic carbocycles. The fraction of sp³-hybridized carbons (Fsp3) is 0.333. The number of hydrogen-bond acceptors (Lipinski definition) is 6. The molecule has 2 aliphatic rings. The third-order valence-corrected chi connectivity index (χ3v) is 6.82. The van der Waals surface area contributed by atoms with Crippen LogP contribution in [0.2, 0.25) is 0 Å². The minimum Gasteiger partial charge on any atom is -0.469 e. The second kappa shape index (κ2) is 7.05. The number of fused-ring (bicyclic) bond motifs is 3. The maximum Gasteiger partial charge on any atom is 0.257 e. The van der Waals surface area contributed by atoms with Gasteiger partial charge in [0.05, 0.1) is 17.7 Å². The normalized spacial score (nSPS) is 18.4. The van der Waals surface area contributed by atoms with Crippen LogP contribution in [0.3, 0.4) is 0 Å². The molecule has 1 atom stereocenters. The summed E-state index contributed by atoms with van der Waals surface area (Å²) in [7, 11) is -3.38. The molecule has 0 spiro atoms. The second-order valence-corrected chi connectivity index (χ2v) is 9.35. The van der Waals surface area contributed by atoms with Gasteiger partial charge in [-0.1, -0.05) is 0 Å². The number of nitrogens with zero attached hydrogens (tertiary/aromatic N) is 2. The zero-order valence-electron chi connectivity index (χ0n) is 14.7. The summed E-state index contributed by atoms with van der Waals surface area (Å²) in [6.07, 6.45) is 3.18. The Balaban J connectivity index is 1.43. The third-order valence-electron chi connectivity index (χ3n) is 4.52. The lowest BCUT2D eigenvalue weighted by atomic mass is 10.1. The molecule has 0 fully saturated rings. The van der Waals surface area contributed by atoms with Gasteiger partial charge in [-0.25, -0.2) is 8.42 Å². The first-order valence-corrected chi connectivity index (χ1v) is 11.1. The van der Waals surface area contributed by atoms with Crippen molar-refractivity contribution in [2.75, 3.05) is 17.2 Å². The van der Waals surface area contributed by atoms with E-state index in [1.807, 2.05) is 30.0 Å². The van der Waals surface area contributed by atoms with Gasteiger partial charge in [0.1, 0.15) is 5.76 Å². The van der Waals surface area contributed by atoms with E-state index in [0.717, 1.165) is 29.2 Å². The summed E-state index contributed by atoms with van der Waals surface area (Å²) < 4.78 is 32.5. The van der Waals surface area contributed by atoms with E-state index in [-0.39, 0.29) is 17.7 Å². The quantitative estimate of drug-likeness (QED) is 0.822. The Morgan fingerprint density at radius 1 is 1.41 bits per heavy atom. The predicted octanol–water partition coefficient (Wildman–Crippen LogP) is 2.64. The van der Waals surface area contributed by atoms with Crippen molar-refractivity contribution in [3.8, 4) is 0 Å². The number of carbonyl (C=O) groups is 1. The van der Waals surface area contributed by atoms with Crippen molar-refractivity contribution >= 4 is 38.5 Å². The molecular weight excluding hydrogens is 386 g/mol. The van der Waals surface area contributed by atoms with E-state index in [9.17, 15) is 13.2 Å². The van der Waals surface area contributed by atoms with Gasteiger partial charge >= 0.3 is 0 Å². The summed E-state index contributed by atoms with van der Waals surface area (Å²) in [4.78, 5) is 15.3. The Kier molecular flexibility index (Phi) is 4.73. The Morgan fingerprint density at radius 3 is 3.04 bits per heavy atom. The van der Waals surface area contributed by atoms with Crippen LogP contribution < -0.4 is 10.2 Å². The van der Waals surface area contributed by atoms with Gasteiger partial charge in [0, 0.05) is 29.5 Å². The van der Waals surface area contributed by atoms with E-state index in [1.54, 1.807) is 18.4 Å². The van der Waals surface area contributed by atoms with Gasteiger partial charge in [0.2, 0.25) is 0 Å². The molecule has 2 aliphatic heterocycles. The van der Waals surface area contributed by atoms with Crippen LogP contribution >= 0.6 is 11.8 Å². The van der Waals surface area contributed by atoms with Crippen LogP contribution in [-0.4, -0.2) is 37.8 Å². The topological polar surface area (TPSA) is 92.0 Å². The summed E-state index contributed by atoms with van der Waals surface area (Å²) in [6.45, 7) is 2.35. The molecule has 27 heavy (non-hydrogen) atoms. The van der Waals surface area contributed by atoms with Crippen molar-refractivity contribution < 1.29 is 17.6 Å². The lowest BCUT2D eigenvalue weighted by Gasteiger charge is -2.22. The van der Waals surface area contributed by atoms with E-state index in [2.05, 4.69) is 9.71 Å². The van der Waals surface area contributed by atoms with Gasteiger partial charge in [0.25, 0.3) is 15.9 Å². The van der Waals surface area contributed by atoms with Gasteiger partial charge in [-0.2, -0.15) is 0 Å². The molecule has 0 radical (unpaired) electrons. The molecule has 1 amide bonds. The number of aryl methyl sites for hydroxylation is 1. The Labute approximate surface area is 161 Å². The zero-order chi connectivity index (χ0) is 19.0. The smallest absolute Gasteiger partial charge is 0.257 e. The maximum absolute atomic E-state index is 12.6. The number of rotatable bonds is 5. The molecule has 1 aromatic heterocycles. The number of thioether (sulfide) groups is 1. The molecule has 2 aromatic rings. The van der Waals surface area contributed by atoms with Crippen molar-refractivity contribution in [2.45, 2.75) is 30.7 Å². The molecule has 0 bridgehead atoms. The molecule has 0 unspecified atom stereocenters. The minimum absolute atomic E-state index is 0.00403. The molecule has 1 N–H and O–H groups in total. The van der Waals surface area contributed by atoms with Crippen molar-refractivity contribution in [3.63, 3.8) is 0 Å². The zero-order valence-corrected chi connectivity index (χ0v) is 16.3. The van der Waals surface area contributed by atoms with Crippen LogP contribution in [-0.2, 0) is 16.4 Å². The highest BCUT2D eigenvalue weighted by atomic mass is 32.2. The summed E-state index contributed by atoms with van der Waals surface area (Å²) in [6, 6.07) is 9.19. The summed E-state index contributed by atoms with van der Waals surface area (Å²) in [5.74, 6) is 0.758. The molecule has 0 saturated carbocycles. The van der Waals surface area contributed by atoms with Crippen molar-refractivity contribution in [2.24, 2.45) is 4.40 Å². The van der Waals surface area contributed by atoms with Gasteiger partial charge < -0.3 is 14.6 Å². The number of sulfonamides is 1. The standard InChI is InChI=1S/C18H19N3O4S2/c1-12(4-6-14-3-2-9-25-14)19-17(22)13-5-7-15-16(11-13)26-18-20-27(23,24)10-8-21(15)18/h2-3,5,7,9,11-12H,4,6,8,10H2,1H3,(H,19,22)/t12-/m1/s1. The molecule has 4 rings (SSSR count). The van der Waals surface area contributed by atoms with Crippen LogP contribution in [0.4, 0.5) is 5.69 Å². The van der Waals surface area contributed by atoms with Crippen molar-refractivity contribution in [1.29, 1.82) is 0 Å². The number of furan rings is 1. The summed E-state index contributed by atoms with van der Waals surface area (Å²) >= 11 is 1.29. The SMILES string of the molecule is C[C@H](CCc1ccco1)NC(=O)c1ccc2c(c1)SC1=NS(=O)(=O)CCN12. The average molecular weight is 406 g/mol. The van der Waals surface area contributed by atoms with E-state index >= 15 is 0 Å². The largest absolute Gasteiger partial charge is 0.469 e. The van der Waals surface area contributed by atoms with Gasteiger partial charge in [0.15, 0.2) is 5.17 Å². The number of carbonyl (C=O) groups excluding carboxylic acids is 1. The van der Waals surface area contributed by atoms with Gasteiger partial charge in [-0.15, -0.1) is 4.40 Å². The average Bonchev–Trinajstić information content (AvgIpc) is 3.25.